The summed E-state index contributed by atoms with van der Waals surface area (Å²) in [6.45, 7) is 1.76. The Morgan fingerprint density at radius 1 is 1.32 bits per heavy atom. The van der Waals surface area contributed by atoms with Gasteiger partial charge in [-0.1, -0.05) is 11.6 Å². The molecule has 1 aliphatic carbocycles. The molecule has 0 aromatic heterocycles. The zero-order chi connectivity index (χ0) is 16.3. The molecule has 0 unspecified atom stereocenters. The summed E-state index contributed by atoms with van der Waals surface area (Å²) in [4.78, 5) is 27.1. The Morgan fingerprint density at radius 2 is 2.05 bits per heavy atom. The summed E-state index contributed by atoms with van der Waals surface area (Å²) in [6, 6.07) is 4.51. The van der Waals surface area contributed by atoms with Crippen LogP contribution in [0.15, 0.2) is 46.6 Å². The second-order valence-corrected chi connectivity index (χ2v) is 5.06. The van der Waals surface area contributed by atoms with Crippen LogP contribution in [0.5, 0.6) is 0 Å². The highest BCUT2D eigenvalue weighted by Crippen LogP contribution is 2.27. The van der Waals surface area contributed by atoms with Crippen molar-refractivity contribution in [3.05, 3.63) is 46.6 Å². The Labute approximate surface area is 132 Å². The number of allylic oxidation sites excluding steroid dienone is 3. The predicted octanol–water partition coefficient (Wildman–Crippen LogP) is 2.54. The number of amides is 2. The molecule has 0 radical (unpaired) electrons. The van der Waals surface area contributed by atoms with Crippen molar-refractivity contribution in [3.63, 3.8) is 0 Å². The first-order valence-corrected chi connectivity index (χ1v) is 6.85. The van der Waals surface area contributed by atoms with E-state index in [1.807, 2.05) is 0 Å². The Bertz CT molecular complexity index is 735. The van der Waals surface area contributed by atoms with Gasteiger partial charge < -0.3 is 16.4 Å². The monoisotopic (exact) mass is 318 g/mol. The van der Waals surface area contributed by atoms with Crippen molar-refractivity contribution in [3.8, 4) is 0 Å². The number of rotatable bonds is 3. The molecule has 6 nitrogen and oxygen atoms in total. The molecular formula is C15H15ClN4O2. The van der Waals surface area contributed by atoms with Crippen LogP contribution >= 0.6 is 11.6 Å². The number of primary amides is 1. The molecule has 0 fully saturated rings. The number of hydrogen-bond acceptors (Lipinski definition) is 4. The number of ketones is 1. The molecule has 4 N–H and O–H groups in total. The number of urea groups is 1. The number of carbonyl (C=O) groups excluding carboxylic acids is 2. The van der Waals surface area contributed by atoms with E-state index in [1.165, 1.54) is 12.2 Å². The number of benzene rings is 1. The molecule has 2 amide bonds. The van der Waals surface area contributed by atoms with Crippen molar-refractivity contribution in [2.45, 2.75) is 6.92 Å². The number of carbonyl (C=O) groups is 2. The van der Waals surface area contributed by atoms with Gasteiger partial charge in [0.2, 0.25) is 5.78 Å². The van der Waals surface area contributed by atoms with Crippen LogP contribution in [0.2, 0.25) is 5.02 Å². The fourth-order valence-electron chi connectivity index (χ4n) is 1.94. The molecule has 0 aliphatic heterocycles. The number of halogens is 1. The lowest BCUT2D eigenvalue weighted by Crippen LogP contribution is -2.33. The van der Waals surface area contributed by atoms with Gasteiger partial charge in [0.15, 0.2) is 0 Å². The molecule has 0 saturated heterocycles. The van der Waals surface area contributed by atoms with Gasteiger partial charge in [0, 0.05) is 7.05 Å². The van der Waals surface area contributed by atoms with E-state index in [9.17, 15) is 9.59 Å². The minimum atomic E-state index is -0.798. The van der Waals surface area contributed by atoms with Crippen LogP contribution in [0.25, 0.3) is 0 Å². The van der Waals surface area contributed by atoms with E-state index in [4.69, 9.17) is 17.3 Å². The fraction of sp³-hybridized carbons (Fsp3) is 0.133. The Hall–Kier alpha value is -2.60. The lowest BCUT2D eigenvalue weighted by Gasteiger charge is -2.13. The highest BCUT2D eigenvalue weighted by Gasteiger charge is 2.17. The second kappa shape index (κ2) is 6.44. The summed E-state index contributed by atoms with van der Waals surface area (Å²) in [7, 11) is 1.77. The zero-order valence-corrected chi connectivity index (χ0v) is 12.9. The van der Waals surface area contributed by atoms with E-state index < -0.39 is 6.03 Å². The number of nitrogens with zero attached hydrogens (tertiary/aromatic N) is 1. The highest BCUT2D eigenvalue weighted by molar-refractivity contribution is 6.33. The molecule has 0 heterocycles. The molecule has 1 aromatic carbocycles. The first kappa shape index (κ1) is 15.8. The number of anilines is 1. The van der Waals surface area contributed by atoms with Crippen molar-refractivity contribution in [2.24, 2.45) is 10.7 Å². The third kappa shape index (κ3) is 3.53. The van der Waals surface area contributed by atoms with Crippen molar-refractivity contribution < 1.29 is 9.59 Å². The van der Waals surface area contributed by atoms with Gasteiger partial charge in [-0.15, -0.1) is 0 Å². The van der Waals surface area contributed by atoms with Gasteiger partial charge in [-0.05, 0) is 42.8 Å². The number of nitrogens with two attached hydrogens (primary N) is 1. The zero-order valence-electron chi connectivity index (χ0n) is 12.1. The minimum absolute atomic E-state index is 0.0924. The number of aliphatic imine (C=N–C) groups is 1. The minimum Gasteiger partial charge on any atom is -0.387 e. The summed E-state index contributed by atoms with van der Waals surface area (Å²) in [5, 5.41) is 5.79. The average molecular weight is 319 g/mol. The van der Waals surface area contributed by atoms with Crippen molar-refractivity contribution in [1.29, 1.82) is 0 Å². The van der Waals surface area contributed by atoms with Crippen LogP contribution in [0.1, 0.15) is 6.92 Å². The first-order valence-electron chi connectivity index (χ1n) is 6.48. The third-order valence-corrected chi connectivity index (χ3v) is 3.34. The maximum Gasteiger partial charge on any atom is 0.316 e. The van der Waals surface area contributed by atoms with Crippen LogP contribution in [0, 0.1) is 0 Å². The molecule has 2 rings (SSSR count). The van der Waals surface area contributed by atoms with Crippen LogP contribution in [0.3, 0.4) is 0 Å². The van der Waals surface area contributed by atoms with Crippen LogP contribution in [-0.2, 0) is 4.79 Å². The molecule has 114 valence electrons. The summed E-state index contributed by atoms with van der Waals surface area (Å²) in [6.07, 6.45) is 2.88. The fourth-order valence-corrected chi connectivity index (χ4v) is 2.21. The molecule has 1 aromatic rings. The summed E-state index contributed by atoms with van der Waals surface area (Å²) < 4.78 is 0. The maximum absolute atomic E-state index is 11.8. The van der Waals surface area contributed by atoms with Crippen molar-refractivity contribution in [2.75, 3.05) is 12.4 Å². The largest absolute Gasteiger partial charge is 0.387 e. The van der Waals surface area contributed by atoms with E-state index >= 15 is 0 Å². The highest BCUT2D eigenvalue weighted by atomic mass is 35.5. The summed E-state index contributed by atoms with van der Waals surface area (Å²) in [5.41, 5.74) is 7.81. The van der Waals surface area contributed by atoms with Gasteiger partial charge in [0.25, 0.3) is 0 Å². The smallest absolute Gasteiger partial charge is 0.316 e. The molecule has 0 bridgehead atoms. The van der Waals surface area contributed by atoms with Gasteiger partial charge in [-0.3, -0.25) is 4.79 Å². The van der Waals surface area contributed by atoms with Crippen molar-refractivity contribution >= 4 is 40.5 Å². The molecular weight excluding hydrogens is 304 g/mol. The Kier molecular flexibility index (Phi) is 4.62. The average Bonchev–Trinajstić information content (AvgIpc) is 2.44. The van der Waals surface area contributed by atoms with Gasteiger partial charge in [0.1, 0.15) is 0 Å². The standard InChI is InChI=1S/C15H15ClN4O2/c1-8-5-14(21)13(20-15(17)22)7-12(8)19-9-3-4-11(18-2)10(16)6-9/h3-7,18H,1-2H3,(H3,17,20,22). The van der Waals surface area contributed by atoms with Crippen LogP contribution < -0.4 is 16.4 Å². The lowest BCUT2D eigenvalue weighted by atomic mass is 10.0. The maximum atomic E-state index is 11.8. The van der Waals surface area contributed by atoms with E-state index in [2.05, 4.69) is 15.6 Å². The number of nitrogens with one attached hydrogen (secondary N) is 2. The van der Waals surface area contributed by atoms with E-state index in [0.29, 0.717) is 22.0 Å². The summed E-state index contributed by atoms with van der Waals surface area (Å²) in [5.74, 6) is -0.321. The molecule has 0 saturated carbocycles. The Morgan fingerprint density at radius 3 is 2.64 bits per heavy atom. The van der Waals surface area contributed by atoms with E-state index in [-0.39, 0.29) is 11.5 Å². The molecule has 0 spiro atoms. The number of hydrogen-bond donors (Lipinski definition) is 3. The van der Waals surface area contributed by atoms with Crippen LogP contribution in [-0.4, -0.2) is 24.6 Å². The van der Waals surface area contributed by atoms with Crippen molar-refractivity contribution in [1.82, 2.24) is 5.32 Å². The van der Waals surface area contributed by atoms with E-state index in [0.717, 1.165) is 5.69 Å². The van der Waals surface area contributed by atoms with Gasteiger partial charge in [-0.25, -0.2) is 9.79 Å². The molecule has 22 heavy (non-hydrogen) atoms. The van der Waals surface area contributed by atoms with Gasteiger partial charge in [0.05, 0.1) is 27.8 Å². The lowest BCUT2D eigenvalue weighted by molar-refractivity contribution is -0.111. The molecule has 7 heteroatoms. The quantitative estimate of drug-likeness (QED) is 0.747. The molecule has 0 atom stereocenters. The first-order chi connectivity index (χ1) is 10.4. The molecule has 1 aliphatic rings. The topological polar surface area (TPSA) is 96.6 Å². The van der Waals surface area contributed by atoms with Gasteiger partial charge >= 0.3 is 6.03 Å². The SMILES string of the molecule is CNc1ccc(N=C2C=C(NC(N)=O)C(=O)C=C2C)cc1Cl. The summed E-state index contributed by atoms with van der Waals surface area (Å²) >= 11 is 6.11. The van der Waals surface area contributed by atoms with Gasteiger partial charge in [-0.2, -0.15) is 0 Å². The normalized spacial score (nSPS) is 16.1. The van der Waals surface area contributed by atoms with E-state index in [1.54, 1.807) is 32.2 Å². The third-order valence-electron chi connectivity index (χ3n) is 3.03. The van der Waals surface area contributed by atoms with Crippen LogP contribution in [0.4, 0.5) is 16.2 Å². The Balaban J connectivity index is 2.38. The predicted molar refractivity (Wildman–Crippen MR) is 87.7 cm³/mol. The second-order valence-electron chi connectivity index (χ2n) is 4.65.